The van der Waals surface area contributed by atoms with E-state index in [1.165, 1.54) is 5.56 Å². The van der Waals surface area contributed by atoms with E-state index in [-0.39, 0.29) is 5.41 Å². The van der Waals surface area contributed by atoms with Crippen molar-refractivity contribution in [2.75, 3.05) is 0 Å². The minimum Gasteiger partial charge on any atom is -0.457 e. The number of hydrogen-bond donors (Lipinski definition) is 0. The summed E-state index contributed by atoms with van der Waals surface area (Å²) >= 11 is 0. The van der Waals surface area contributed by atoms with Crippen LogP contribution in [0.25, 0.3) is 0 Å². The number of hydrogen-bond acceptors (Lipinski definition) is 2. The Morgan fingerprint density at radius 3 is 2.30 bits per heavy atom. The van der Waals surface area contributed by atoms with Gasteiger partial charge < -0.3 is 4.74 Å². The molecule has 104 valence electrons. The van der Waals surface area contributed by atoms with Gasteiger partial charge in [-0.3, -0.25) is 4.79 Å². The predicted octanol–water partition coefficient (Wildman–Crippen LogP) is 4.90. The Morgan fingerprint density at radius 2 is 1.70 bits per heavy atom. The van der Waals surface area contributed by atoms with Gasteiger partial charge in [-0.05, 0) is 42.2 Å². The average molecular weight is 268 g/mol. The number of carbonyl (C=O) groups is 1. The van der Waals surface area contributed by atoms with Gasteiger partial charge in [0, 0.05) is 11.1 Å². The largest absolute Gasteiger partial charge is 0.457 e. The topological polar surface area (TPSA) is 26.3 Å². The van der Waals surface area contributed by atoms with Gasteiger partial charge in [0.1, 0.15) is 17.8 Å². The summed E-state index contributed by atoms with van der Waals surface area (Å²) < 4.78 is 6.05. The fourth-order valence-corrected chi connectivity index (χ4v) is 2.15. The first-order chi connectivity index (χ1) is 9.41. The minimum absolute atomic E-state index is 0.0211. The number of carbonyl (C=O) groups excluding carboxylic acids is 1. The van der Waals surface area contributed by atoms with Crippen LogP contribution in [0.15, 0.2) is 42.5 Å². The summed E-state index contributed by atoms with van der Waals surface area (Å²) in [6.07, 6.45) is 0.847. The zero-order valence-corrected chi connectivity index (χ0v) is 12.4. The summed E-state index contributed by atoms with van der Waals surface area (Å²) in [5, 5.41) is 0. The number of ether oxygens (including phenoxy) is 1. The van der Waals surface area contributed by atoms with E-state index in [1.54, 1.807) is 6.07 Å². The number of benzene rings is 2. The van der Waals surface area contributed by atoms with Gasteiger partial charge in [-0.15, -0.1) is 0 Å². The maximum absolute atomic E-state index is 10.8. The van der Waals surface area contributed by atoms with E-state index in [4.69, 9.17) is 4.74 Å². The highest BCUT2D eigenvalue weighted by Crippen LogP contribution is 2.34. The van der Waals surface area contributed by atoms with Crippen molar-refractivity contribution in [2.24, 2.45) is 0 Å². The Kier molecular flexibility index (Phi) is 3.93. The zero-order valence-electron chi connectivity index (χ0n) is 12.4. The normalized spacial score (nSPS) is 11.2. The van der Waals surface area contributed by atoms with E-state index in [0.717, 1.165) is 23.3 Å². The number of para-hydroxylation sites is 1. The monoisotopic (exact) mass is 268 g/mol. The maximum Gasteiger partial charge on any atom is 0.150 e. The van der Waals surface area contributed by atoms with E-state index in [0.29, 0.717) is 5.56 Å². The van der Waals surface area contributed by atoms with Crippen molar-refractivity contribution in [3.05, 3.63) is 59.2 Å². The lowest BCUT2D eigenvalue weighted by Gasteiger charge is -2.23. The van der Waals surface area contributed by atoms with Gasteiger partial charge in [-0.1, -0.05) is 39.0 Å². The highest BCUT2D eigenvalue weighted by atomic mass is 16.5. The van der Waals surface area contributed by atoms with Crippen molar-refractivity contribution < 1.29 is 9.53 Å². The molecule has 2 nitrogen and oxygen atoms in total. The summed E-state index contributed by atoms with van der Waals surface area (Å²) in [4.78, 5) is 10.8. The highest BCUT2D eigenvalue weighted by Gasteiger charge is 2.19. The molecule has 0 heterocycles. The molecule has 0 aliphatic rings. The predicted molar refractivity (Wildman–Crippen MR) is 81.8 cm³/mol. The van der Waals surface area contributed by atoms with Crippen LogP contribution in [0.3, 0.4) is 0 Å². The summed E-state index contributed by atoms with van der Waals surface area (Å²) in [7, 11) is 0. The molecule has 0 unspecified atom stereocenters. The number of aldehydes is 1. The molecule has 0 atom stereocenters. The first-order valence-electron chi connectivity index (χ1n) is 6.75. The Morgan fingerprint density at radius 1 is 1.00 bits per heavy atom. The zero-order chi connectivity index (χ0) is 14.8. The molecule has 2 aromatic carbocycles. The summed E-state index contributed by atoms with van der Waals surface area (Å²) in [6.45, 7) is 8.44. The molecule has 0 amide bonds. The molecule has 0 saturated heterocycles. The van der Waals surface area contributed by atoms with Crippen molar-refractivity contribution in [2.45, 2.75) is 33.1 Å². The lowest BCUT2D eigenvalue weighted by Crippen LogP contribution is -2.12. The molecule has 0 saturated carbocycles. The number of rotatable bonds is 3. The van der Waals surface area contributed by atoms with Gasteiger partial charge in [0.25, 0.3) is 0 Å². The van der Waals surface area contributed by atoms with E-state index in [2.05, 4.69) is 26.8 Å². The van der Waals surface area contributed by atoms with E-state index >= 15 is 0 Å². The van der Waals surface area contributed by atoms with Gasteiger partial charge in [0.05, 0.1) is 0 Å². The fourth-order valence-electron chi connectivity index (χ4n) is 2.15. The van der Waals surface area contributed by atoms with E-state index in [1.807, 2.05) is 37.3 Å². The minimum atomic E-state index is 0.0211. The van der Waals surface area contributed by atoms with Crippen molar-refractivity contribution in [3.63, 3.8) is 0 Å². The Labute approximate surface area is 120 Å². The third kappa shape index (κ3) is 3.08. The summed E-state index contributed by atoms with van der Waals surface area (Å²) in [6, 6.07) is 13.5. The molecule has 0 bridgehead atoms. The van der Waals surface area contributed by atoms with Gasteiger partial charge in [-0.25, -0.2) is 0 Å². The second-order valence-corrected chi connectivity index (χ2v) is 5.99. The molecule has 0 aliphatic heterocycles. The van der Waals surface area contributed by atoms with Crippen LogP contribution < -0.4 is 4.74 Å². The lowest BCUT2D eigenvalue weighted by atomic mass is 9.86. The first kappa shape index (κ1) is 14.3. The van der Waals surface area contributed by atoms with Crippen LogP contribution in [0.4, 0.5) is 0 Å². The molecule has 0 spiro atoms. The molecule has 0 aromatic heterocycles. The molecule has 2 rings (SSSR count). The molecule has 0 radical (unpaired) electrons. The van der Waals surface area contributed by atoms with Crippen LogP contribution in [-0.2, 0) is 5.41 Å². The molecule has 20 heavy (non-hydrogen) atoms. The fraction of sp³-hybridized carbons (Fsp3) is 0.278. The lowest BCUT2D eigenvalue weighted by molar-refractivity contribution is 0.112. The molecule has 2 heteroatoms. The quantitative estimate of drug-likeness (QED) is 0.740. The Bertz CT molecular complexity index is 622. The molecule has 0 fully saturated rings. The molecule has 2 aromatic rings. The van der Waals surface area contributed by atoms with Crippen LogP contribution in [-0.4, -0.2) is 6.29 Å². The highest BCUT2D eigenvalue weighted by molar-refractivity contribution is 5.75. The SMILES string of the molecule is Cc1cc(C=O)ccc1Oc1ccccc1C(C)(C)C. The van der Waals surface area contributed by atoms with Gasteiger partial charge in [-0.2, -0.15) is 0 Å². The third-order valence-corrected chi connectivity index (χ3v) is 3.25. The summed E-state index contributed by atoms with van der Waals surface area (Å²) in [5.41, 5.74) is 2.81. The second-order valence-electron chi connectivity index (χ2n) is 5.99. The number of aryl methyl sites for hydroxylation is 1. The maximum atomic E-state index is 10.8. The van der Waals surface area contributed by atoms with Gasteiger partial charge in [0.2, 0.25) is 0 Å². The molecule has 0 N–H and O–H groups in total. The van der Waals surface area contributed by atoms with Crippen molar-refractivity contribution in [1.29, 1.82) is 0 Å². The third-order valence-electron chi connectivity index (χ3n) is 3.25. The van der Waals surface area contributed by atoms with Crippen LogP contribution in [0.2, 0.25) is 0 Å². The van der Waals surface area contributed by atoms with Crippen LogP contribution >= 0.6 is 0 Å². The van der Waals surface area contributed by atoms with E-state index in [9.17, 15) is 4.79 Å². The first-order valence-corrected chi connectivity index (χ1v) is 6.75. The smallest absolute Gasteiger partial charge is 0.150 e. The van der Waals surface area contributed by atoms with Gasteiger partial charge >= 0.3 is 0 Å². The Balaban J connectivity index is 2.38. The second kappa shape index (κ2) is 5.49. The van der Waals surface area contributed by atoms with Crippen molar-refractivity contribution in [3.8, 4) is 11.5 Å². The molecular weight excluding hydrogens is 248 g/mol. The standard InChI is InChI=1S/C18H20O2/c1-13-11-14(12-19)9-10-16(13)20-17-8-6-5-7-15(17)18(2,3)4/h5-12H,1-4H3. The summed E-state index contributed by atoms with van der Waals surface area (Å²) in [5.74, 6) is 1.65. The van der Waals surface area contributed by atoms with Crippen LogP contribution in [0.1, 0.15) is 42.3 Å². The van der Waals surface area contributed by atoms with Crippen molar-refractivity contribution >= 4 is 6.29 Å². The average Bonchev–Trinajstić information content (AvgIpc) is 2.40. The van der Waals surface area contributed by atoms with Crippen LogP contribution in [0.5, 0.6) is 11.5 Å². The Hall–Kier alpha value is -2.09. The van der Waals surface area contributed by atoms with Crippen molar-refractivity contribution in [1.82, 2.24) is 0 Å². The van der Waals surface area contributed by atoms with Crippen LogP contribution in [0, 0.1) is 6.92 Å². The molecule has 0 aliphatic carbocycles. The molecular formula is C18H20O2. The van der Waals surface area contributed by atoms with Gasteiger partial charge in [0.15, 0.2) is 0 Å². The van der Waals surface area contributed by atoms with E-state index < -0.39 is 0 Å².